The number of ether oxygens (including phenoxy) is 2. The second kappa shape index (κ2) is 12.4. The minimum absolute atomic E-state index is 0.0534. The van der Waals surface area contributed by atoms with Crippen LogP contribution in [0.3, 0.4) is 0 Å². The Hall–Kier alpha value is -5.44. The van der Waals surface area contributed by atoms with Gasteiger partial charge in [0.25, 0.3) is 5.91 Å². The first-order valence-electron chi connectivity index (χ1n) is 12.1. The van der Waals surface area contributed by atoms with Gasteiger partial charge in [0.1, 0.15) is 11.5 Å². The average Bonchev–Trinajstić information content (AvgIpc) is 2.98. The van der Waals surface area contributed by atoms with Crippen LogP contribution in [0.1, 0.15) is 48.2 Å². The number of para-hydroxylation sites is 1. The zero-order valence-electron chi connectivity index (χ0n) is 21.4. The van der Waals surface area contributed by atoms with Gasteiger partial charge in [-0.25, -0.2) is 14.4 Å². The SMILES string of the molecule is COC(=O)C(c1ccccc1)N(Cc1ccc(Oc2ccccc2)cc1)C(=O)c1ccc(C(=O)O)c(C(=O)O)c1. The van der Waals surface area contributed by atoms with Gasteiger partial charge < -0.3 is 24.6 Å². The molecule has 4 aromatic rings. The number of methoxy groups -OCH3 is 1. The molecule has 0 heterocycles. The minimum Gasteiger partial charge on any atom is -0.478 e. The maximum absolute atomic E-state index is 13.9. The molecule has 0 radical (unpaired) electrons. The molecule has 0 saturated carbocycles. The normalized spacial score (nSPS) is 11.2. The van der Waals surface area contributed by atoms with E-state index in [-0.39, 0.29) is 12.1 Å². The molecule has 4 rings (SSSR count). The standard InChI is InChI=1S/C31H25NO8/c1-39-31(38)27(21-8-4-2-5-9-21)32(28(33)22-14-17-25(29(34)35)26(18-22)30(36)37)19-20-12-15-24(16-13-20)40-23-10-6-3-7-11-23/h2-18,27H,19H2,1H3,(H,34,35)(H,36,37). The second-order valence-electron chi connectivity index (χ2n) is 8.70. The van der Waals surface area contributed by atoms with Gasteiger partial charge in [-0.15, -0.1) is 0 Å². The summed E-state index contributed by atoms with van der Waals surface area (Å²) in [7, 11) is 1.21. The number of carboxylic acids is 2. The van der Waals surface area contributed by atoms with Gasteiger partial charge in [0.05, 0.1) is 18.2 Å². The van der Waals surface area contributed by atoms with Crippen LogP contribution in [0.2, 0.25) is 0 Å². The average molecular weight is 540 g/mol. The summed E-state index contributed by atoms with van der Waals surface area (Å²) in [5.41, 5.74) is 0.0232. The van der Waals surface area contributed by atoms with Crippen LogP contribution >= 0.6 is 0 Å². The number of carboxylic acid groups (broad SMARTS) is 2. The molecule has 1 unspecified atom stereocenters. The van der Waals surface area contributed by atoms with E-state index >= 15 is 0 Å². The molecule has 202 valence electrons. The highest BCUT2D eigenvalue weighted by Crippen LogP contribution is 2.29. The molecule has 4 aromatic carbocycles. The van der Waals surface area contributed by atoms with E-state index in [0.717, 1.165) is 12.1 Å². The van der Waals surface area contributed by atoms with Crippen molar-refractivity contribution in [2.24, 2.45) is 0 Å². The van der Waals surface area contributed by atoms with Crippen molar-refractivity contribution >= 4 is 23.8 Å². The van der Waals surface area contributed by atoms with E-state index in [4.69, 9.17) is 9.47 Å². The third-order valence-corrected chi connectivity index (χ3v) is 6.09. The van der Waals surface area contributed by atoms with E-state index in [0.29, 0.717) is 22.6 Å². The number of esters is 1. The van der Waals surface area contributed by atoms with Crippen molar-refractivity contribution in [3.8, 4) is 11.5 Å². The van der Waals surface area contributed by atoms with Crippen LogP contribution in [0.4, 0.5) is 0 Å². The zero-order chi connectivity index (χ0) is 28.6. The van der Waals surface area contributed by atoms with Crippen molar-refractivity contribution in [1.29, 1.82) is 0 Å². The van der Waals surface area contributed by atoms with Gasteiger partial charge in [-0.05, 0) is 53.6 Å². The Labute approximate surface area is 229 Å². The Kier molecular flexibility index (Phi) is 8.55. The summed E-state index contributed by atoms with van der Waals surface area (Å²) in [6.07, 6.45) is 0. The Morgan fingerprint density at radius 2 is 1.30 bits per heavy atom. The minimum atomic E-state index is -1.50. The highest BCUT2D eigenvalue weighted by Gasteiger charge is 2.33. The molecule has 9 heteroatoms. The van der Waals surface area contributed by atoms with Gasteiger partial charge in [0.15, 0.2) is 6.04 Å². The highest BCUT2D eigenvalue weighted by atomic mass is 16.5. The molecule has 0 fully saturated rings. The number of nitrogens with zero attached hydrogens (tertiary/aromatic N) is 1. The number of hydrogen-bond donors (Lipinski definition) is 2. The van der Waals surface area contributed by atoms with Gasteiger partial charge >= 0.3 is 17.9 Å². The molecule has 0 bridgehead atoms. The molecule has 1 atom stereocenters. The van der Waals surface area contributed by atoms with Crippen molar-refractivity contribution in [1.82, 2.24) is 4.90 Å². The number of carbonyl (C=O) groups is 4. The number of aromatic carboxylic acids is 2. The molecular weight excluding hydrogens is 514 g/mol. The third kappa shape index (κ3) is 6.33. The highest BCUT2D eigenvalue weighted by molar-refractivity contribution is 6.05. The van der Waals surface area contributed by atoms with Crippen LogP contribution in [0.25, 0.3) is 0 Å². The molecule has 40 heavy (non-hydrogen) atoms. The lowest BCUT2D eigenvalue weighted by molar-refractivity contribution is -0.146. The second-order valence-corrected chi connectivity index (χ2v) is 8.70. The maximum Gasteiger partial charge on any atom is 0.336 e. The van der Waals surface area contributed by atoms with Crippen molar-refractivity contribution < 1.29 is 38.9 Å². The van der Waals surface area contributed by atoms with E-state index in [2.05, 4.69) is 0 Å². The molecule has 9 nitrogen and oxygen atoms in total. The number of rotatable bonds is 10. The van der Waals surface area contributed by atoms with Gasteiger partial charge in [-0.2, -0.15) is 0 Å². The lowest BCUT2D eigenvalue weighted by Gasteiger charge is -2.31. The van der Waals surface area contributed by atoms with Crippen LogP contribution in [-0.4, -0.2) is 46.0 Å². The van der Waals surface area contributed by atoms with Crippen LogP contribution in [0, 0.1) is 0 Å². The number of benzene rings is 4. The van der Waals surface area contributed by atoms with Crippen LogP contribution in [0.5, 0.6) is 11.5 Å². The van der Waals surface area contributed by atoms with Gasteiger partial charge in [-0.1, -0.05) is 60.7 Å². The molecule has 0 aliphatic rings. The summed E-state index contributed by atoms with van der Waals surface area (Å²) < 4.78 is 10.9. The lowest BCUT2D eigenvalue weighted by atomic mass is 10.00. The maximum atomic E-state index is 13.9. The molecule has 0 aromatic heterocycles. The summed E-state index contributed by atoms with van der Waals surface area (Å²) in [5.74, 6) is -3.12. The Morgan fingerprint density at radius 3 is 1.88 bits per heavy atom. The molecular formula is C31H25NO8. The largest absolute Gasteiger partial charge is 0.478 e. The topological polar surface area (TPSA) is 130 Å². The summed E-state index contributed by atoms with van der Waals surface area (Å²) in [5, 5.41) is 18.9. The number of carbonyl (C=O) groups excluding carboxylic acids is 2. The van der Waals surface area contributed by atoms with Crippen LogP contribution < -0.4 is 4.74 Å². The quantitative estimate of drug-likeness (QED) is 0.255. The van der Waals surface area contributed by atoms with Crippen molar-refractivity contribution in [3.63, 3.8) is 0 Å². The Morgan fingerprint density at radius 1 is 0.725 bits per heavy atom. The predicted octanol–water partition coefficient (Wildman–Crippen LogP) is 5.43. The smallest absolute Gasteiger partial charge is 0.336 e. The van der Waals surface area contributed by atoms with Crippen molar-refractivity contribution in [2.75, 3.05) is 7.11 Å². The third-order valence-electron chi connectivity index (χ3n) is 6.09. The summed E-state index contributed by atoms with van der Waals surface area (Å²) in [4.78, 5) is 51.5. The molecule has 0 aliphatic heterocycles. The van der Waals surface area contributed by atoms with Crippen LogP contribution in [-0.2, 0) is 16.1 Å². The molecule has 0 saturated heterocycles. The number of hydrogen-bond acceptors (Lipinski definition) is 6. The van der Waals surface area contributed by atoms with E-state index in [1.165, 1.54) is 18.1 Å². The summed E-state index contributed by atoms with van der Waals surface area (Å²) in [6, 6.07) is 26.8. The van der Waals surface area contributed by atoms with Gasteiger partial charge in [0, 0.05) is 12.1 Å². The summed E-state index contributed by atoms with van der Waals surface area (Å²) in [6.45, 7) is -0.0534. The first-order chi connectivity index (χ1) is 19.3. The van der Waals surface area contributed by atoms with Gasteiger partial charge in [0.2, 0.25) is 0 Å². The van der Waals surface area contributed by atoms with E-state index in [1.54, 1.807) is 54.6 Å². The molecule has 1 amide bonds. The monoisotopic (exact) mass is 539 g/mol. The lowest BCUT2D eigenvalue weighted by Crippen LogP contribution is -2.39. The first-order valence-corrected chi connectivity index (χ1v) is 12.1. The summed E-state index contributed by atoms with van der Waals surface area (Å²) >= 11 is 0. The van der Waals surface area contributed by atoms with E-state index in [9.17, 15) is 29.4 Å². The fourth-order valence-electron chi connectivity index (χ4n) is 4.16. The van der Waals surface area contributed by atoms with Crippen molar-refractivity contribution in [3.05, 3.63) is 131 Å². The predicted molar refractivity (Wildman–Crippen MR) is 144 cm³/mol. The zero-order valence-corrected chi connectivity index (χ0v) is 21.4. The van der Waals surface area contributed by atoms with Crippen molar-refractivity contribution in [2.45, 2.75) is 12.6 Å². The number of amides is 1. The molecule has 0 aliphatic carbocycles. The molecule has 0 spiro atoms. The Balaban J connectivity index is 1.73. The fraction of sp³-hybridized carbons (Fsp3) is 0.0968. The first kappa shape index (κ1) is 27.6. The fourth-order valence-corrected chi connectivity index (χ4v) is 4.16. The van der Waals surface area contributed by atoms with Gasteiger partial charge in [-0.3, -0.25) is 4.79 Å². The Bertz CT molecular complexity index is 1520. The van der Waals surface area contributed by atoms with Crippen LogP contribution in [0.15, 0.2) is 103 Å². The van der Waals surface area contributed by atoms with E-state index in [1.807, 2.05) is 30.3 Å². The van der Waals surface area contributed by atoms with E-state index < -0.39 is 41.0 Å². The molecule has 2 N–H and O–H groups in total.